The second kappa shape index (κ2) is 10.2. The predicted octanol–water partition coefficient (Wildman–Crippen LogP) is 2.42. The highest BCUT2D eigenvalue weighted by Crippen LogP contribution is 2.27. The number of ether oxygens (including phenoxy) is 1. The van der Waals surface area contributed by atoms with Crippen LogP contribution in [0.1, 0.15) is 37.2 Å². The van der Waals surface area contributed by atoms with Crippen LogP contribution in [0.25, 0.3) is 0 Å². The maximum atomic E-state index is 13.0. The molecule has 2 aromatic rings. The molecule has 1 atom stereocenters. The van der Waals surface area contributed by atoms with E-state index in [4.69, 9.17) is 4.74 Å². The largest absolute Gasteiger partial charge is 0.484 e. The molecule has 1 saturated heterocycles. The number of nitrogens with one attached hydrogen (secondary N) is 1. The first-order valence-corrected chi connectivity index (χ1v) is 10.3. The van der Waals surface area contributed by atoms with Gasteiger partial charge in [-0.2, -0.15) is 0 Å². The van der Waals surface area contributed by atoms with Crippen molar-refractivity contribution in [2.75, 3.05) is 39.1 Å². The van der Waals surface area contributed by atoms with Gasteiger partial charge in [-0.1, -0.05) is 0 Å². The summed E-state index contributed by atoms with van der Waals surface area (Å²) < 4.78 is 18.5. The summed E-state index contributed by atoms with van der Waals surface area (Å²) in [7, 11) is 3.49. The Morgan fingerprint density at radius 3 is 2.71 bits per heavy atom. The molecular weight excluding hydrogens is 401 g/mol. The zero-order valence-corrected chi connectivity index (χ0v) is 18.1. The van der Waals surface area contributed by atoms with Gasteiger partial charge >= 0.3 is 0 Å². The van der Waals surface area contributed by atoms with Crippen molar-refractivity contribution in [3.63, 3.8) is 0 Å². The second-order valence-corrected chi connectivity index (χ2v) is 7.64. The topological polar surface area (TPSA) is 87.7 Å². The van der Waals surface area contributed by atoms with E-state index in [2.05, 4.69) is 15.3 Å². The highest BCUT2D eigenvalue weighted by molar-refractivity contribution is 5.78. The van der Waals surface area contributed by atoms with Crippen molar-refractivity contribution in [2.24, 2.45) is 0 Å². The summed E-state index contributed by atoms with van der Waals surface area (Å²) in [5.74, 6) is 1.24. The van der Waals surface area contributed by atoms with Crippen LogP contribution in [0.3, 0.4) is 0 Å². The third-order valence-corrected chi connectivity index (χ3v) is 5.33. The Labute approximate surface area is 181 Å². The van der Waals surface area contributed by atoms with E-state index in [1.807, 2.05) is 6.07 Å². The molecule has 1 aliphatic rings. The molecule has 3 rings (SSSR count). The Bertz CT molecular complexity index is 922. The van der Waals surface area contributed by atoms with Crippen molar-refractivity contribution in [3.8, 4) is 5.75 Å². The lowest BCUT2D eigenvalue weighted by Crippen LogP contribution is -2.41. The Balaban J connectivity index is 1.66. The number of hydrogen-bond acceptors (Lipinski definition) is 6. The lowest BCUT2D eigenvalue weighted by molar-refractivity contribution is -0.134. The second-order valence-electron chi connectivity index (χ2n) is 7.64. The molecule has 1 aromatic heterocycles. The molecule has 1 aromatic carbocycles. The van der Waals surface area contributed by atoms with E-state index in [0.29, 0.717) is 37.0 Å². The minimum atomic E-state index is -0.350. The molecule has 0 radical (unpaired) electrons. The molecule has 1 unspecified atom stereocenters. The summed E-state index contributed by atoms with van der Waals surface area (Å²) in [6.07, 6.45) is 1.76. The monoisotopic (exact) mass is 429 g/mol. The van der Waals surface area contributed by atoms with Gasteiger partial charge in [0.25, 0.3) is 5.91 Å². The molecule has 9 heteroatoms. The van der Waals surface area contributed by atoms with Crippen LogP contribution >= 0.6 is 0 Å². The van der Waals surface area contributed by atoms with Crippen LogP contribution in [0.4, 0.5) is 10.2 Å². The maximum Gasteiger partial charge on any atom is 0.260 e. The van der Waals surface area contributed by atoms with E-state index in [0.717, 1.165) is 18.5 Å². The lowest BCUT2D eigenvalue weighted by Gasteiger charge is -2.32. The van der Waals surface area contributed by atoms with Gasteiger partial charge in [0.15, 0.2) is 6.61 Å². The number of piperidine rings is 1. The van der Waals surface area contributed by atoms with Gasteiger partial charge in [-0.3, -0.25) is 9.59 Å². The van der Waals surface area contributed by atoms with Crippen LogP contribution in [0.15, 0.2) is 30.3 Å². The standard InChI is InChI=1S/C22H28FN5O3/c1-15(29)27(3)13-21-25-19(11-20(24-2)26-21)16-5-4-10-28(12-16)22(30)14-31-18-8-6-17(23)7-9-18/h6-9,11,16H,4-5,10,12-14H2,1-3H3,(H,24,25,26). The molecular formula is C22H28FN5O3. The highest BCUT2D eigenvalue weighted by atomic mass is 19.1. The van der Waals surface area contributed by atoms with Crippen molar-refractivity contribution >= 4 is 17.6 Å². The van der Waals surface area contributed by atoms with Crippen molar-refractivity contribution in [1.29, 1.82) is 0 Å². The van der Waals surface area contributed by atoms with Gasteiger partial charge in [0.2, 0.25) is 5.91 Å². The van der Waals surface area contributed by atoms with Crippen molar-refractivity contribution in [2.45, 2.75) is 32.2 Å². The number of aromatic nitrogens is 2. The first kappa shape index (κ1) is 22.5. The van der Waals surface area contributed by atoms with Gasteiger partial charge in [0.1, 0.15) is 23.2 Å². The number of nitrogens with zero attached hydrogens (tertiary/aromatic N) is 4. The quantitative estimate of drug-likeness (QED) is 0.727. The van der Waals surface area contributed by atoms with Gasteiger partial charge in [-0.05, 0) is 37.1 Å². The summed E-state index contributed by atoms with van der Waals surface area (Å²) in [4.78, 5) is 36.7. The number of carbonyl (C=O) groups excluding carboxylic acids is 2. The minimum absolute atomic E-state index is 0.0596. The minimum Gasteiger partial charge on any atom is -0.484 e. The molecule has 0 spiro atoms. The summed E-state index contributed by atoms with van der Waals surface area (Å²) in [5, 5.41) is 3.04. The zero-order valence-electron chi connectivity index (χ0n) is 18.1. The highest BCUT2D eigenvalue weighted by Gasteiger charge is 2.27. The van der Waals surface area contributed by atoms with Gasteiger partial charge in [-0.25, -0.2) is 14.4 Å². The summed E-state index contributed by atoms with van der Waals surface area (Å²) in [5.41, 5.74) is 0.850. The van der Waals surface area contributed by atoms with E-state index in [1.54, 1.807) is 23.9 Å². The van der Waals surface area contributed by atoms with Crippen LogP contribution in [-0.4, -0.2) is 65.4 Å². The molecule has 1 aliphatic heterocycles. The first-order chi connectivity index (χ1) is 14.9. The molecule has 0 aliphatic carbocycles. The van der Waals surface area contributed by atoms with Gasteiger partial charge in [-0.15, -0.1) is 0 Å². The van der Waals surface area contributed by atoms with Crippen molar-refractivity contribution < 1.29 is 18.7 Å². The average Bonchev–Trinajstić information content (AvgIpc) is 2.78. The van der Waals surface area contributed by atoms with E-state index >= 15 is 0 Å². The molecule has 1 N–H and O–H groups in total. The fourth-order valence-electron chi connectivity index (χ4n) is 3.46. The van der Waals surface area contributed by atoms with Crippen molar-refractivity contribution in [3.05, 3.63) is 47.7 Å². The molecule has 2 amide bonds. The summed E-state index contributed by atoms with van der Waals surface area (Å²) in [6, 6.07) is 7.49. The normalized spacial score (nSPS) is 16.0. The number of carbonyl (C=O) groups is 2. The zero-order chi connectivity index (χ0) is 22.4. The Kier molecular flexibility index (Phi) is 7.38. The first-order valence-electron chi connectivity index (χ1n) is 10.3. The fraction of sp³-hybridized carbons (Fsp3) is 0.455. The number of likely N-dealkylation sites (tertiary alicyclic amines) is 1. The molecule has 31 heavy (non-hydrogen) atoms. The van der Waals surface area contributed by atoms with Crippen LogP contribution in [0.5, 0.6) is 5.75 Å². The SMILES string of the molecule is CNc1cc(C2CCCN(C(=O)COc3ccc(F)cc3)C2)nc(CN(C)C(C)=O)n1. The van der Waals surface area contributed by atoms with Gasteiger partial charge in [0, 0.05) is 46.1 Å². The maximum absolute atomic E-state index is 13.0. The van der Waals surface area contributed by atoms with E-state index in [9.17, 15) is 14.0 Å². The van der Waals surface area contributed by atoms with E-state index < -0.39 is 0 Å². The molecule has 1 fully saturated rings. The molecule has 0 bridgehead atoms. The number of rotatable bonds is 7. The third kappa shape index (κ3) is 6.13. The Hall–Kier alpha value is -3.23. The number of halogens is 1. The Morgan fingerprint density at radius 2 is 2.03 bits per heavy atom. The van der Waals surface area contributed by atoms with Crippen LogP contribution < -0.4 is 10.1 Å². The van der Waals surface area contributed by atoms with Crippen LogP contribution in [-0.2, 0) is 16.1 Å². The number of hydrogen-bond donors (Lipinski definition) is 1. The Morgan fingerprint density at radius 1 is 1.29 bits per heavy atom. The number of benzene rings is 1. The summed E-state index contributed by atoms with van der Waals surface area (Å²) in [6.45, 7) is 2.92. The van der Waals surface area contributed by atoms with Crippen LogP contribution in [0, 0.1) is 5.82 Å². The fourth-order valence-corrected chi connectivity index (χ4v) is 3.46. The summed E-state index contributed by atoms with van der Waals surface area (Å²) >= 11 is 0. The van der Waals surface area contributed by atoms with Crippen LogP contribution in [0.2, 0.25) is 0 Å². The molecule has 8 nitrogen and oxygen atoms in total. The van der Waals surface area contributed by atoms with Crippen molar-refractivity contribution in [1.82, 2.24) is 19.8 Å². The number of amides is 2. The van der Waals surface area contributed by atoms with E-state index in [1.165, 1.54) is 31.2 Å². The molecule has 0 saturated carbocycles. The molecule has 2 heterocycles. The van der Waals surface area contributed by atoms with Gasteiger partial charge in [0.05, 0.1) is 12.2 Å². The predicted molar refractivity (Wildman–Crippen MR) is 114 cm³/mol. The number of anilines is 1. The van der Waals surface area contributed by atoms with E-state index in [-0.39, 0.29) is 30.2 Å². The smallest absolute Gasteiger partial charge is 0.260 e. The third-order valence-electron chi connectivity index (χ3n) is 5.33. The molecule has 166 valence electrons. The lowest BCUT2D eigenvalue weighted by atomic mass is 9.94. The average molecular weight is 429 g/mol. The van der Waals surface area contributed by atoms with Gasteiger partial charge < -0.3 is 19.9 Å².